The zero-order valence-corrected chi connectivity index (χ0v) is 22.2. The van der Waals surface area contributed by atoms with Gasteiger partial charge in [-0.25, -0.2) is 9.36 Å². The molecule has 1 aromatic carbocycles. The van der Waals surface area contributed by atoms with Gasteiger partial charge in [-0.15, -0.1) is 0 Å². The summed E-state index contributed by atoms with van der Waals surface area (Å²) in [4.78, 5) is 55.9. The molecule has 1 aliphatic rings. The molecule has 1 aliphatic heterocycles. The fourth-order valence-electron chi connectivity index (χ4n) is 3.21. The van der Waals surface area contributed by atoms with E-state index in [-0.39, 0.29) is 17.7 Å². The van der Waals surface area contributed by atoms with E-state index in [1.807, 2.05) is 4.98 Å². The van der Waals surface area contributed by atoms with Crippen LogP contribution in [0.5, 0.6) is 5.75 Å². The predicted octanol–water partition coefficient (Wildman–Crippen LogP) is 2.95. The van der Waals surface area contributed by atoms with Crippen LogP contribution in [0.2, 0.25) is 0 Å². The Balaban J connectivity index is 1.91. The number of phosphoric ester groups is 1. The number of alkyl halides is 2. The highest BCUT2D eigenvalue weighted by molar-refractivity contribution is 7.75. The first-order valence-electron chi connectivity index (χ1n) is 10.5. The standard InChI is InChI=1S/C17H20F2N5O12P3/c1-10-8-24(16(26)21-15(10)25)14-7-12(22-23-20)13(34-14)9-33-39(32,35-11-5-3-2-4-6-11)36-38(30,31)17(18,19)37(27,28)29/h2-6,8,12-14H,7,9H2,1H3,(H,30,31)(H,21,25,26)(H2,27,28,29)/t12-,13+,14+,39?/m0/s1. The number of ether oxygens (including phenoxy) is 1. The molecule has 2 aromatic rings. The second-order valence-electron chi connectivity index (χ2n) is 7.92. The van der Waals surface area contributed by atoms with Crippen LogP contribution in [0.4, 0.5) is 8.78 Å². The Morgan fingerprint density at radius 2 is 1.87 bits per heavy atom. The van der Waals surface area contributed by atoms with Gasteiger partial charge in [-0.2, -0.15) is 13.1 Å². The molecule has 39 heavy (non-hydrogen) atoms. The van der Waals surface area contributed by atoms with Gasteiger partial charge in [-0.05, 0) is 24.6 Å². The summed E-state index contributed by atoms with van der Waals surface area (Å²) < 4.78 is 85.1. The average molecular weight is 617 g/mol. The third kappa shape index (κ3) is 6.91. The Kier molecular flexibility index (Phi) is 9.05. The van der Waals surface area contributed by atoms with Crippen LogP contribution in [0, 0.1) is 6.92 Å². The first-order chi connectivity index (χ1) is 18.0. The second kappa shape index (κ2) is 11.4. The van der Waals surface area contributed by atoms with Gasteiger partial charge in [-0.3, -0.25) is 28.0 Å². The topological polar surface area (TPSA) is 252 Å². The highest BCUT2D eigenvalue weighted by Crippen LogP contribution is 2.78. The van der Waals surface area contributed by atoms with E-state index < -0.39 is 64.6 Å². The van der Waals surface area contributed by atoms with Gasteiger partial charge in [-0.1, -0.05) is 23.3 Å². The van der Waals surface area contributed by atoms with Gasteiger partial charge < -0.3 is 23.9 Å². The van der Waals surface area contributed by atoms with Crippen molar-refractivity contribution < 1.29 is 55.3 Å². The summed E-state index contributed by atoms with van der Waals surface area (Å²) in [5.74, 6) is -0.382. The van der Waals surface area contributed by atoms with Crippen LogP contribution in [0.3, 0.4) is 0 Å². The van der Waals surface area contributed by atoms with Crippen LogP contribution < -0.4 is 15.8 Å². The molecule has 22 heteroatoms. The third-order valence-corrected chi connectivity index (χ3v) is 10.6. The number of azide groups is 1. The molecule has 0 saturated carbocycles. The molecule has 2 heterocycles. The van der Waals surface area contributed by atoms with Crippen LogP contribution >= 0.6 is 23.0 Å². The van der Waals surface area contributed by atoms with Gasteiger partial charge in [0.15, 0.2) is 0 Å². The number of phosphoric acid groups is 1. The molecule has 17 nitrogen and oxygen atoms in total. The van der Waals surface area contributed by atoms with E-state index in [2.05, 4.69) is 14.3 Å². The lowest BCUT2D eigenvalue weighted by Crippen LogP contribution is -2.33. The van der Waals surface area contributed by atoms with E-state index in [9.17, 15) is 37.0 Å². The number of nitrogens with zero attached hydrogens (tertiary/aromatic N) is 4. The number of hydrogen-bond acceptors (Lipinski definition) is 10. The number of rotatable bonds is 11. The van der Waals surface area contributed by atoms with Crippen molar-refractivity contribution in [1.29, 1.82) is 0 Å². The van der Waals surface area contributed by atoms with Crippen molar-refractivity contribution in [3.05, 3.63) is 73.4 Å². The number of aryl methyl sites for hydroxylation is 1. The number of benzene rings is 1. The van der Waals surface area contributed by atoms with Crippen LogP contribution in [0.15, 0.2) is 51.2 Å². The zero-order valence-electron chi connectivity index (χ0n) is 19.5. The molecular formula is C17H20F2N5O12P3. The van der Waals surface area contributed by atoms with Crippen molar-refractivity contribution >= 4 is 23.0 Å². The van der Waals surface area contributed by atoms with Gasteiger partial charge in [0.05, 0.1) is 18.8 Å². The molecule has 0 bridgehead atoms. The molecule has 4 N–H and O–H groups in total. The zero-order chi connectivity index (χ0) is 29.2. The maximum absolute atomic E-state index is 14.0. The van der Waals surface area contributed by atoms with Crippen molar-refractivity contribution in [3.63, 3.8) is 0 Å². The van der Waals surface area contributed by atoms with Gasteiger partial charge in [0.25, 0.3) is 5.56 Å². The molecule has 0 radical (unpaired) electrons. The first kappa shape index (κ1) is 30.9. The molecule has 0 aliphatic carbocycles. The van der Waals surface area contributed by atoms with Crippen LogP contribution in [0.25, 0.3) is 10.4 Å². The van der Waals surface area contributed by atoms with Crippen molar-refractivity contribution in [2.45, 2.75) is 37.1 Å². The minimum atomic E-state index is -6.75. The summed E-state index contributed by atoms with van der Waals surface area (Å²) in [5.41, 5.74) is 7.46. The second-order valence-corrected chi connectivity index (χ2v) is 13.5. The Hall–Kier alpha value is -2.68. The average Bonchev–Trinajstić information content (AvgIpc) is 3.22. The maximum atomic E-state index is 14.0. The summed E-state index contributed by atoms with van der Waals surface area (Å²) in [7, 11) is -19.0. The summed E-state index contributed by atoms with van der Waals surface area (Å²) in [5, 5.41) is -2.23. The summed E-state index contributed by atoms with van der Waals surface area (Å²) in [6, 6.07) is 5.22. The number of para-hydroxylation sites is 1. The summed E-state index contributed by atoms with van der Waals surface area (Å²) >= 11 is 0. The van der Waals surface area contributed by atoms with E-state index in [1.165, 1.54) is 25.1 Å². The molecule has 1 aromatic heterocycles. The van der Waals surface area contributed by atoms with Gasteiger partial charge >= 0.3 is 34.1 Å². The lowest BCUT2D eigenvalue weighted by molar-refractivity contribution is -0.0264. The number of hydrogen-bond donors (Lipinski definition) is 4. The highest BCUT2D eigenvalue weighted by atomic mass is 31.3. The number of H-pyrrole nitrogens is 1. The van der Waals surface area contributed by atoms with Crippen LogP contribution in [-0.4, -0.2) is 48.4 Å². The van der Waals surface area contributed by atoms with E-state index in [0.717, 1.165) is 22.9 Å². The Labute approximate surface area is 216 Å². The molecular weight excluding hydrogens is 597 g/mol. The summed E-state index contributed by atoms with van der Waals surface area (Å²) in [6.07, 6.45) is -1.60. The van der Waals surface area contributed by atoms with Gasteiger partial charge in [0.2, 0.25) is 0 Å². The predicted molar refractivity (Wildman–Crippen MR) is 126 cm³/mol. The number of nitrogens with one attached hydrogen (secondary N) is 1. The quantitative estimate of drug-likeness (QED) is 0.123. The van der Waals surface area contributed by atoms with Crippen molar-refractivity contribution in [2.75, 3.05) is 6.61 Å². The Bertz CT molecular complexity index is 1520. The molecule has 5 atom stereocenters. The summed E-state index contributed by atoms with van der Waals surface area (Å²) in [6.45, 7) is 0.410. The monoisotopic (exact) mass is 617 g/mol. The fourth-order valence-corrected chi connectivity index (χ4v) is 7.42. The number of aromatic nitrogens is 2. The molecule has 0 amide bonds. The van der Waals surface area contributed by atoms with E-state index in [4.69, 9.17) is 29.1 Å². The molecule has 1 saturated heterocycles. The van der Waals surface area contributed by atoms with Crippen LogP contribution in [-0.2, 0) is 27.3 Å². The van der Waals surface area contributed by atoms with Gasteiger partial charge in [0, 0.05) is 23.1 Å². The minimum Gasteiger partial charge on any atom is -0.404 e. The molecule has 2 unspecified atom stereocenters. The molecule has 0 spiro atoms. The number of halogens is 2. The van der Waals surface area contributed by atoms with E-state index in [1.54, 1.807) is 0 Å². The third-order valence-electron chi connectivity index (χ3n) is 5.12. The lowest BCUT2D eigenvalue weighted by atomic mass is 10.1. The SMILES string of the molecule is Cc1cn([C@H]2C[C@H](N=[N+]=[N-])[C@@H](COP(=O)(Oc3ccccc3)OP(=O)(O)C(F)(F)P(=O)(O)O)O2)c(=O)[nH]c1=O. The largest absolute Gasteiger partial charge is 0.537 e. The highest BCUT2D eigenvalue weighted by Gasteiger charge is 2.67. The normalized spacial score (nSPS) is 22.9. The minimum absolute atomic E-state index is 0.122. The first-order valence-corrected chi connectivity index (χ1v) is 15.1. The maximum Gasteiger partial charge on any atom is 0.537 e. The fraction of sp³-hybridized carbons (Fsp3) is 0.412. The van der Waals surface area contributed by atoms with Crippen molar-refractivity contribution in [1.82, 2.24) is 9.55 Å². The molecule has 1 fully saturated rings. The van der Waals surface area contributed by atoms with E-state index in [0.29, 0.717) is 0 Å². The van der Waals surface area contributed by atoms with Crippen molar-refractivity contribution in [2.24, 2.45) is 5.11 Å². The lowest BCUT2D eigenvalue weighted by Gasteiger charge is -2.26. The smallest absolute Gasteiger partial charge is 0.404 e. The molecule has 3 rings (SSSR count). The molecule has 214 valence electrons. The van der Waals surface area contributed by atoms with Crippen molar-refractivity contribution in [3.8, 4) is 5.75 Å². The van der Waals surface area contributed by atoms with Gasteiger partial charge in [0.1, 0.15) is 12.0 Å². The Morgan fingerprint density at radius 3 is 2.46 bits per heavy atom. The Morgan fingerprint density at radius 1 is 1.23 bits per heavy atom. The van der Waals surface area contributed by atoms with E-state index >= 15 is 0 Å². The van der Waals surface area contributed by atoms with Crippen LogP contribution in [0.1, 0.15) is 18.2 Å². The number of aromatic amines is 1.